The Labute approximate surface area is 90.9 Å². The summed E-state index contributed by atoms with van der Waals surface area (Å²) in [4.78, 5) is 16.2. The molecule has 0 spiro atoms. The van der Waals surface area contributed by atoms with Crippen molar-refractivity contribution in [3.05, 3.63) is 46.8 Å². The zero-order valence-corrected chi connectivity index (χ0v) is 8.62. The van der Waals surface area contributed by atoms with Crippen molar-refractivity contribution in [2.75, 3.05) is 5.43 Å². The molecule has 0 fully saturated rings. The molecule has 0 saturated heterocycles. The van der Waals surface area contributed by atoms with Crippen molar-refractivity contribution in [1.29, 1.82) is 0 Å². The van der Waals surface area contributed by atoms with E-state index in [2.05, 4.69) is 15.8 Å². The maximum absolute atomic E-state index is 11.5. The predicted octanol–water partition coefficient (Wildman–Crippen LogP) is 1.90. The Kier molecular flexibility index (Phi) is 2.94. The van der Waals surface area contributed by atoms with Gasteiger partial charge in [0.05, 0.1) is 4.88 Å². The lowest BCUT2D eigenvalue weighted by Gasteiger charge is -2.05. The van der Waals surface area contributed by atoms with E-state index >= 15 is 0 Å². The molecule has 2 rings (SSSR count). The number of nitrogens with zero attached hydrogens (tertiary/aromatic N) is 1. The Hall–Kier alpha value is -1.88. The van der Waals surface area contributed by atoms with E-state index in [9.17, 15) is 4.79 Å². The van der Waals surface area contributed by atoms with Crippen molar-refractivity contribution in [1.82, 2.24) is 10.4 Å². The highest BCUT2D eigenvalue weighted by atomic mass is 32.1. The van der Waals surface area contributed by atoms with Gasteiger partial charge in [-0.2, -0.15) is 0 Å². The zero-order chi connectivity index (χ0) is 10.5. The lowest BCUT2D eigenvalue weighted by atomic mass is 10.4. The van der Waals surface area contributed by atoms with Gasteiger partial charge < -0.3 is 0 Å². The van der Waals surface area contributed by atoms with Gasteiger partial charge in [0.25, 0.3) is 5.91 Å². The number of nitrogens with one attached hydrogen (secondary N) is 2. The Morgan fingerprint density at radius 2 is 2.20 bits per heavy atom. The van der Waals surface area contributed by atoms with Gasteiger partial charge in [-0.25, -0.2) is 4.98 Å². The van der Waals surface area contributed by atoms with Crippen LogP contribution in [0.4, 0.5) is 5.82 Å². The lowest BCUT2D eigenvalue weighted by molar-refractivity contribution is 0.0966. The van der Waals surface area contributed by atoms with Gasteiger partial charge in [0.15, 0.2) is 0 Å². The smallest absolute Gasteiger partial charge is 0.279 e. The largest absolute Gasteiger partial charge is 0.282 e. The van der Waals surface area contributed by atoms with E-state index in [1.807, 2.05) is 23.6 Å². The number of aromatic nitrogens is 1. The summed E-state index contributed by atoms with van der Waals surface area (Å²) in [7, 11) is 0. The monoisotopic (exact) mass is 219 g/mol. The van der Waals surface area contributed by atoms with Crippen LogP contribution in [0.5, 0.6) is 0 Å². The Morgan fingerprint density at radius 1 is 1.27 bits per heavy atom. The minimum atomic E-state index is -0.157. The molecule has 0 unspecified atom stereocenters. The average molecular weight is 219 g/mol. The summed E-state index contributed by atoms with van der Waals surface area (Å²) in [6.07, 6.45) is 1.65. The van der Waals surface area contributed by atoms with Crippen LogP contribution in [0, 0.1) is 0 Å². The van der Waals surface area contributed by atoms with Crippen LogP contribution in [-0.2, 0) is 0 Å². The van der Waals surface area contributed by atoms with E-state index in [1.54, 1.807) is 18.3 Å². The number of hydrazine groups is 1. The number of rotatable bonds is 3. The minimum Gasteiger partial charge on any atom is -0.282 e. The minimum absolute atomic E-state index is 0.157. The second kappa shape index (κ2) is 4.56. The van der Waals surface area contributed by atoms with Crippen molar-refractivity contribution in [2.24, 2.45) is 0 Å². The molecular weight excluding hydrogens is 210 g/mol. The summed E-state index contributed by atoms with van der Waals surface area (Å²) in [5, 5.41) is 1.86. The van der Waals surface area contributed by atoms with Crippen molar-refractivity contribution in [3.63, 3.8) is 0 Å². The van der Waals surface area contributed by atoms with Gasteiger partial charge in [0.2, 0.25) is 0 Å². The standard InChI is InChI=1S/C10H9N3OS/c14-10(8-4-3-7-15-8)13-12-9-5-1-2-6-11-9/h1-7H,(H,11,12)(H,13,14). The Bertz CT molecular complexity index is 427. The van der Waals surface area contributed by atoms with E-state index in [1.165, 1.54) is 11.3 Å². The Morgan fingerprint density at radius 3 is 2.87 bits per heavy atom. The normalized spacial score (nSPS) is 9.60. The van der Waals surface area contributed by atoms with Crippen LogP contribution >= 0.6 is 11.3 Å². The molecule has 2 N–H and O–H groups in total. The average Bonchev–Trinajstić information content (AvgIpc) is 2.81. The van der Waals surface area contributed by atoms with E-state index < -0.39 is 0 Å². The molecule has 0 atom stereocenters. The first kappa shape index (κ1) is 9.67. The molecule has 1 amide bonds. The fraction of sp³-hybridized carbons (Fsp3) is 0. The molecule has 5 heteroatoms. The molecule has 15 heavy (non-hydrogen) atoms. The van der Waals surface area contributed by atoms with Crippen LogP contribution in [-0.4, -0.2) is 10.9 Å². The van der Waals surface area contributed by atoms with Gasteiger partial charge in [0, 0.05) is 6.20 Å². The number of carbonyl (C=O) groups is 1. The third kappa shape index (κ3) is 2.54. The molecule has 0 aliphatic heterocycles. The molecule has 0 radical (unpaired) electrons. The van der Waals surface area contributed by atoms with Crippen LogP contribution in [0.3, 0.4) is 0 Å². The lowest BCUT2D eigenvalue weighted by Crippen LogP contribution is -2.28. The second-order valence-corrected chi connectivity index (χ2v) is 3.72. The van der Waals surface area contributed by atoms with Crippen LogP contribution in [0.25, 0.3) is 0 Å². The summed E-state index contributed by atoms with van der Waals surface area (Å²) < 4.78 is 0. The quantitative estimate of drug-likeness (QED) is 0.775. The SMILES string of the molecule is O=C(NNc1ccccn1)c1cccs1. The van der Waals surface area contributed by atoms with E-state index in [0.717, 1.165) is 0 Å². The van der Waals surface area contributed by atoms with Crippen molar-refractivity contribution < 1.29 is 4.79 Å². The number of carbonyl (C=O) groups excluding carboxylic acids is 1. The molecular formula is C10H9N3OS. The molecule has 0 aromatic carbocycles. The van der Waals surface area contributed by atoms with Gasteiger partial charge in [0.1, 0.15) is 5.82 Å². The molecule has 0 aliphatic carbocycles. The molecule has 0 saturated carbocycles. The summed E-state index contributed by atoms with van der Waals surface area (Å²) in [5.74, 6) is 0.457. The fourth-order valence-electron chi connectivity index (χ4n) is 1.03. The van der Waals surface area contributed by atoms with E-state index in [0.29, 0.717) is 10.7 Å². The molecule has 2 heterocycles. The first-order chi connectivity index (χ1) is 7.36. The topological polar surface area (TPSA) is 54.0 Å². The van der Waals surface area contributed by atoms with E-state index in [4.69, 9.17) is 0 Å². The molecule has 4 nitrogen and oxygen atoms in total. The van der Waals surface area contributed by atoms with Crippen LogP contribution in [0.2, 0.25) is 0 Å². The molecule has 2 aromatic rings. The maximum Gasteiger partial charge on any atom is 0.279 e. The summed E-state index contributed by atoms with van der Waals surface area (Å²) in [5.41, 5.74) is 5.29. The summed E-state index contributed by atoms with van der Waals surface area (Å²) >= 11 is 1.39. The molecule has 0 bridgehead atoms. The summed E-state index contributed by atoms with van der Waals surface area (Å²) in [6.45, 7) is 0. The van der Waals surface area contributed by atoms with Crippen LogP contribution in [0.1, 0.15) is 9.67 Å². The highest BCUT2D eigenvalue weighted by Gasteiger charge is 2.04. The summed E-state index contributed by atoms with van der Waals surface area (Å²) in [6, 6.07) is 9.02. The number of amides is 1. The van der Waals surface area contributed by atoms with Crippen molar-refractivity contribution >= 4 is 23.1 Å². The van der Waals surface area contributed by atoms with Gasteiger partial charge in [-0.05, 0) is 23.6 Å². The maximum atomic E-state index is 11.5. The third-order valence-electron chi connectivity index (χ3n) is 1.71. The van der Waals surface area contributed by atoms with Crippen LogP contribution < -0.4 is 10.9 Å². The number of anilines is 1. The van der Waals surface area contributed by atoms with Crippen molar-refractivity contribution in [3.8, 4) is 0 Å². The second-order valence-electron chi connectivity index (χ2n) is 2.77. The first-order valence-electron chi connectivity index (χ1n) is 4.37. The van der Waals surface area contributed by atoms with Gasteiger partial charge in [-0.1, -0.05) is 12.1 Å². The van der Waals surface area contributed by atoms with Crippen LogP contribution in [0.15, 0.2) is 41.9 Å². The molecule has 0 aliphatic rings. The highest BCUT2D eigenvalue weighted by Crippen LogP contribution is 2.07. The van der Waals surface area contributed by atoms with Gasteiger partial charge >= 0.3 is 0 Å². The first-order valence-corrected chi connectivity index (χ1v) is 5.25. The van der Waals surface area contributed by atoms with Crippen molar-refractivity contribution in [2.45, 2.75) is 0 Å². The number of thiophene rings is 1. The fourth-order valence-corrected chi connectivity index (χ4v) is 1.65. The number of hydrogen-bond acceptors (Lipinski definition) is 4. The molecule has 76 valence electrons. The zero-order valence-electron chi connectivity index (χ0n) is 7.81. The third-order valence-corrected chi connectivity index (χ3v) is 2.58. The number of pyridine rings is 1. The van der Waals surface area contributed by atoms with Gasteiger partial charge in [-0.15, -0.1) is 11.3 Å². The van der Waals surface area contributed by atoms with Gasteiger partial charge in [-0.3, -0.25) is 15.6 Å². The van der Waals surface area contributed by atoms with E-state index in [-0.39, 0.29) is 5.91 Å². The predicted molar refractivity (Wildman–Crippen MR) is 59.6 cm³/mol. The highest BCUT2D eigenvalue weighted by molar-refractivity contribution is 7.12. The molecule has 2 aromatic heterocycles. The Balaban J connectivity index is 1.92. The number of hydrogen-bond donors (Lipinski definition) is 2.